The van der Waals surface area contributed by atoms with Crippen LogP contribution in [0.15, 0.2) is 15.3 Å². The van der Waals surface area contributed by atoms with Crippen molar-refractivity contribution in [3.63, 3.8) is 0 Å². The molecular weight excluding hydrogens is 152 g/mol. The van der Waals surface area contributed by atoms with E-state index < -0.39 is 0 Å². The number of hydrogen-bond donors (Lipinski definition) is 1. The van der Waals surface area contributed by atoms with Gasteiger partial charge in [0.15, 0.2) is 12.0 Å². The van der Waals surface area contributed by atoms with E-state index in [1.54, 1.807) is 0 Å². The lowest BCUT2D eigenvalue weighted by molar-refractivity contribution is 0.477. The molecule has 0 aromatic rings. The molecule has 0 saturated carbocycles. The third-order valence-electron chi connectivity index (χ3n) is 1.69. The minimum Gasteiger partial charge on any atom is -0.282 e. The van der Waals surface area contributed by atoms with Gasteiger partial charge in [-0.3, -0.25) is 5.43 Å². The Morgan fingerprint density at radius 1 is 1.33 bits per heavy atom. The highest BCUT2D eigenvalue weighted by Crippen LogP contribution is 2.05. The van der Waals surface area contributed by atoms with Crippen molar-refractivity contribution in [2.75, 3.05) is 0 Å². The smallest absolute Gasteiger partial charge is 0.170 e. The topological polar surface area (TPSA) is 49.1 Å². The number of hydrogen-bond acceptors (Lipinski definition) is 4. The fourth-order valence-electron chi connectivity index (χ4n) is 1.06. The first-order valence-electron chi connectivity index (χ1n) is 4.59. The molecule has 1 aliphatic heterocycles. The third-order valence-corrected chi connectivity index (χ3v) is 1.69. The Bertz CT molecular complexity index is 185. The zero-order chi connectivity index (χ0) is 8.81. The Morgan fingerprint density at radius 3 is 2.67 bits per heavy atom. The number of azo groups is 1. The molecule has 0 aliphatic carbocycles. The minimum absolute atomic E-state index is 0.107. The van der Waals surface area contributed by atoms with Crippen molar-refractivity contribution in [2.45, 2.75) is 45.7 Å². The van der Waals surface area contributed by atoms with E-state index in [2.05, 4.69) is 34.6 Å². The van der Waals surface area contributed by atoms with Gasteiger partial charge in [0.05, 0.1) is 0 Å². The molecule has 0 saturated heterocycles. The van der Waals surface area contributed by atoms with Gasteiger partial charge in [0.25, 0.3) is 0 Å². The first-order chi connectivity index (χ1) is 5.86. The third kappa shape index (κ3) is 2.60. The Hall–Kier alpha value is -0.930. The van der Waals surface area contributed by atoms with Crippen LogP contribution in [-0.2, 0) is 0 Å². The van der Waals surface area contributed by atoms with E-state index in [-0.39, 0.29) is 6.17 Å². The van der Waals surface area contributed by atoms with Crippen LogP contribution >= 0.6 is 0 Å². The number of hydrazone groups is 1. The van der Waals surface area contributed by atoms with E-state index in [0.717, 1.165) is 31.5 Å². The molecule has 1 unspecified atom stereocenters. The van der Waals surface area contributed by atoms with Gasteiger partial charge in [0.2, 0.25) is 0 Å². The molecule has 1 rings (SSSR count). The molecule has 0 spiro atoms. The zero-order valence-electron chi connectivity index (χ0n) is 7.75. The van der Waals surface area contributed by atoms with Crippen LogP contribution in [-0.4, -0.2) is 12.0 Å². The first kappa shape index (κ1) is 9.16. The molecule has 4 nitrogen and oxygen atoms in total. The quantitative estimate of drug-likeness (QED) is 0.687. The first-order valence-corrected chi connectivity index (χ1v) is 4.59. The predicted octanol–water partition coefficient (Wildman–Crippen LogP) is 2.28. The van der Waals surface area contributed by atoms with E-state index in [1.165, 1.54) is 0 Å². The summed E-state index contributed by atoms with van der Waals surface area (Å²) in [5.41, 5.74) is 2.98. The summed E-state index contributed by atoms with van der Waals surface area (Å²) in [6, 6.07) is 0. The number of nitrogens with zero attached hydrogens (tertiary/aromatic N) is 3. The van der Waals surface area contributed by atoms with Crippen LogP contribution in [0.25, 0.3) is 0 Å². The van der Waals surface area contributed by atoms with Crippen molar-refractivity contribution in [3.8, 4) is 0 Å². The second kappa shape index (κ2) is 4.85. The lowest BCUT2D eigenvalue weighted by Crippen LogP contribution is -2.26. The van der Waals surface area contributed by atoms with Crippen molar-refractivity contribution >= 4 is 5.84 Å². The fourth-order valence-corrected chi connectivity index (χ4v) is 1.06. The van der Waals surface area contributed by atoms with Crippen LogP contribution < -0.4 is 5.43 Å². The van der Waals surface area contributed by atoms with E-state index in [4.69, 9.17) is 0 Å². The molecule has 0 fully saturated rings. The predicted molar refractivity (Wildman–Crippen MR) is 49.0 cm³/mol. The maximum atomic E-state index is 4.13. The molecule has 12 heavy (non-hydrogen) atoms. The molecule has 1 atom stereocenters. The largest absolute Gasteiger partial charge is 0.282 e. The second-order valence-electron chi connectivity index (χ2n) is 2.93. The molecule has 0 aromatic carbocycles. The average molecular weight is 168 g/mol. The van der Waals surface area contributed by atoms with Crippen LogP contribution in [0.5, 0.6) is 0 Å². The summed E-state index contributed by atoms with van der Waals surface area (Å²) < 4.78 is 0. The lowest BCUT2D eigenvalue weighted by atomic mass is 10.3. The fraction of sp³-hybridized carbons (Fsp3) is 0.875. The summed E-state index contributed by atoms with van der Waals surface area (Å²) in [4.78, 5) is 0. The van der Waals surface area contributed by atoms with Gasteiger partial charge < -0.3 is 0 Å². The average Bonchev–Trinajstić information content (AvgIpc) is 2.09. The molecule has 0 bridgehead atoms. The van der Waals surface area contributed by atoms with Crippen molar-refractivity contribution in [3.05, 3.63) is 0 Å². The summed E-state index contributed by atoms with van der Waals surface area (Å²) in [5, 5.41) is 12.3. The summed E-state index contributed by atoms with van der Waals surface area (Å²) in [5.74, 6) is 0.824. The Morgan fingerprint density at radius 2 is 2.17 bits per heavy atom. The van der Waals surface area contributed by atoms with Crippen LogP contribution in [0, 0.1) is 0 Å². The molecule has 68 valence electrons. The monoisotopic (exact) mass is 168 g/mol. The molecule has 1 heterocycles. The molecule has 0 amide bonds. The van der Waals surface area contributed by atoms with Crippen molar-refractivity contribution < 1.29 is 0 Å². The van der Waals surface area contributed by atoms with Gasteiger partial charge in [0.1, 0.15) is 0 Å². The lowest BCUT2D eigenvalue weighted by Gasteiger charge is -2.13. The van der Waals surface area contributed by atoms with Gasteiger partial charge in [-0.1, -0.05) is 20.3 Å². The van der Waals surface area contributed by atoms with E-state index in [0.29, 0.717) is 0 Å². The molecule has 1 aliphatic rings. The maximum absolute atomic E-state index is 4.13. The van der Waals surface area contributed by atoms with Crippen LogP contribution in [0.4, 0.5) is 0 Å². The molecule has 0 aromatic heterocycles. The van der Waals surface area contributed by atoms with Crippen LogP contribution in [0.2, 0.25) is 0 Å². The summed E-state index contributed by atoms with van der Waals surface area (Å²) >= 11 is 0. The van der Waals surface area contributed by atoms with E-state index in [9.17, 15) is 0 Å². The maximum Gasteiger partial charge on any atom is 0.170 e. The van der Waals surface area contributed by atoms with Gasteiger partial charge in [0, 0.05) is 6.42 Å². The Labute approximate surface area is 73.2 Å². The summed E-state index contributed by atoms with van der Waals surface area (Å²) in [6.07, 6.45) is 4.20. The van der Waals surface area contributed by atoms with E-state index in [1.807, 2.05) is 0 Å². The minimum atomic E-state index is 0.107. The van der Waals surface area contributed by atoms with Gasteiger partial charge in [-0.25, -0.2) is 0 Å². The van der Waals surface area contributed by atoms with Crippen molar-refractivity contribution in [1.29, 1.82) is 0 Å². The van der Waals surface area contributed by atoms with Crippen molar-refractivity contribution in [1.82, 2.24) is 5.43 Å². The van der Waals surface area contributed by atoms with Gasteiger partial charge in [-0.2, -0.15) is 10.2 Å². The summed E-state index contributed by atoms with van der Waals surface area (Å²) in [7, 11) is 0. The number of amidine groups is 1. The molecular formula is C8H16N4. The normalized spacial score (nSPS) is 21.8. The zero-order valence-corrected chi connectivity index (χ0v) is 7.75. The van der Waals surface area contributed by atoms with Crippen molar-refractivity contribution in [2.24, 2.45) is 15.3 Å². The standard InChI is InChI=1S/C8H16N4/c1-3-5-7-9-11-8(6-4-2)12-10-7/h7,9H,3-6H2,1-2H3. The van der Waals surface area contributed by atoms with Crippen LogP contribution in [0.3, 0.4) is 0 Å². The van der Waals surface area contributed by atoms with Gasteiger partial charge in [-0.15, -0.1) is 5.11 Å². The SMILES string of the molecule is CCCC1=NNC(CCC)N=N1. The highest BCUT2D eigenvalue weighted by atomic mass is 15.4. The van der Waals surface area contributed by atoms with Gasteiger partial charge >= 0.3 is 0 Å². The van der Waals surface area contributed by atoms with Gasteiger partial charge in [-0.05, 0) is 12.8 Å². The number of nitrogens with one attached hydrogen (secondary N) is 1. The highest BCUT2D eigenvalue weighted by Gasteiger charge is 2.09. The Balaban J connectivity index is 2.33. The van der Waals surface area contributed by atoms with Crippen LogP contribution in [0.1, 0.15) is 39.5 Å². The second-order valence-corrected chi connectivity index (χ2v) is 2.93. The molecule has 1 N–H and O–H groups in total. The summed E-state index contributed by atoms with van der Waals surface area (Å²) in [6.45, 7) is 4.23. The van der Waals surface area contributed by atoms with E-state index >= 15 is 0 Å². The highest BCUT2D eigenvalue weighted by molar-refractivity contribution is 5.82. The molecule has 4 heteroatoms. The number of rotatable bonds is 4. The molecule has 0 radical (unpaired) electrons. The Kier molecular flexibility index (Phi) is 3.70.